The Morgan fingerprint density at radius 3 is 2.00 bits per heavy atom. The summed E-state index contributed by atoms with van der Waals surface area (Å²) in [5.74, 6) is 0. The molecule has 0 radical (unpaired) electrons. The molecule has 1 aromatic carbocycles. The van der Waals surface area contributed by atoms with Crippen LogP contribution in [0.2, 0.25) is 13.1 Å². The SMILES string of the molecule is CCc1ccc([Si](C)(C)Cl)cc1. The molecule has 0 nitrogen and oxygen atoms in total. The van der Waals surface area contributed by atoms with Crippen molar-refractivity contribution in [1.82, 2.24) is 0 Å². The van der Waals surface area contributed by atoms with Crippen molar-refractivity contribution in [3.8, 4) is 0 Å². The van der Waals surface area contributed by atoms with Crippen LogP contribution in [0.1, 0.15) is 12.5 Å². The van der Waals surface area contributed by atoms with Crippen LogP contribution in [0, 0.1) is 0 Å². The summed E-state index contributed by atoms with van der Waals surface area (Å²) in [5, 5.41) is 1.32. The van der Waals surface area contributed by atoms with Gasteiger partial charge in [-0.1, -0.05) is 44.3 Å². The Labute approximate surface area is 80.3 Å². The van der Waals surface area contributed by atoms with Crippen molar-refractivity contribution < 1.29 is 0 Å². The van der Waals surface area contributed by atoms with Crippen molar-refractivity contribution >= 4 is 23.6 Å². The van der Waals surface area contributed by atoms with E-state index in [1.54, 1.807) is 0 Å². The first kappa shape index (κ1) is 9.81. The molecule has 0 saturated heterocycles. The molecule has 0 aliphatic carbocycles. The van der Waals surface area contributed by atoms with Crippen molar-refractivity contribution in [2.24, 2.45) is 0 Å². The summed E-state index contributed by atoms with van der Waals surface area (Å²) in [7, 11) is -1.60. The van der Waals surface area contributed by atoms with E-state index in [2.05, 4.69) is 44.3 Å². The van der Waals surface area contributed by atoms with Crippen molar-refractivity contribution in [3.63, 3.8) is 0 Å². The first-order valence-corrected chi connectivity index (χ1v) is 8.33. The van der Waals surface area contributed by atoms with Gasteiger partial charge in [-0.15, -0.1) is 0 Å². The zero-order valence-corrected chi connectivity index (χ0v) is 9.65. The maximum atomic E-state index is 6.29. The average molecular weight is 199 g/mol. The predicted octanol–water partition coefficient (Wildman–Crippen LogP) is 2.90. The fourth-order valence-electron chi connectivity index (χ4n) is 1.14. The van der Waals surface area contributed by atoms with E-state index < -0.39 is 7.38 Å². The van der Waals surface area contributed by atoms with Gasteiger partial charge in [0.05, 0.1) is 0 Å². The highest BCUT2D eigenvalue weighted by molar-refractivity contribution is 7.26. The third-order valence-electron chi connectivity index (χ3n) is 2.05. The van der Waals surface area contributed by atoms with Gasteiger partial charge >= 0.3 is 0 Å². The van der Waals surface area contributed by atoms with Gasteiger partial charge in [0, 0.05) is 0 Å². The second-order valence-corrected chi connectivity index (χ2v) is 9.88. The molecule has 0 amide bonds. The Bertz CT molecular complexity index is 246. The smallest absolute Gasteiger partial charge is 0.162 e. The highest BCUT2D eigenvalue weighted by Gasteiger charge is 2.19. The van der Waals surface area contributed by atoms with Gasteiger partial charge in [0.2, 0.25) is 0 Å². The third-order valence-corrected chi connectivity index (χ3v) is 4.41. The second-order valence-electron chi connectivity index (χ2n) is 3.52. The number of halogens is 1. The minimum absolute atomic E-state index is 1.10. The second kappa shape index (κ2) is 3.63. The van der Waals surface area contributed by atoms with E-state index in [1.807, 2.05) is 0 Å². The molecule has 0 aromatic heterocycles. The zero-order valence-electron chi connectivity index (χ0n) is 7.89. The molecule has 0 aliphatic rings. The quantitative estimate of drug-likeness (QED) is 0.507. The number of hydrogen-bond donors (Lipinski definition) is 0. The van der Waals surface area contributed by atoms with Gasteiger partial charge in [-0.05, 0) is 17.2 Å². The summed E-state index contributed by atoms with van der Waals surface area (Å²) in [6, 6.07) is 8.68. The Hall–Kier alpha value is -0.273. The van der Waals surface area contributed by atoms with Crippen LogP contribution >= 0.6 is 11.1 Å². The number of hydrogen-bond acceptors (Lipinski definition) is 0. The maximum Gasteiger partial charge on any atom is 0.180 e. The molecule has 0 saturated carbocycles. The summed E-state index contributed by atoms with van der Waals surface area (Å²) < 4.78 is 0. The summed E-state index contributed by atoms with van der Waals surface area (Å²) in [6.45, 7) is 6.46. The van der Waals surface area contributed by atoms with Crippen LogP contribution in [0.15, 0.2) is 24.3 Å². The van der Waals surface area contributed by atoms with Crippen molar-refractivity contribution in [1.29, 1.82) is 0 Å². The number of aryl methyl sites for hydroxylation is 1. The highest BCUT2D eigenvalue weighted by Crippen LogP contribution is 2.09. The summed E-state index contributed by atoms with van der Waals surface area (Å²) in [4.78, 5) is 0. The fraction of sp³-hybridized carbons (Fsp3) is 0.400. The molecule has 0 bridgehead atoms. The third kappa shape index (κ3) is 2.36. The maximum absolute atomic E-state index is 6.29. The molecule has 1 aromatic rings. The van der Waals surface area contributed by atoms with Gasteiger partial charge in [-0.3, -0.25) is 0 Å². The molecular weight excluding hydrogens is 184 g/mol. The lowest BCUT2D eigenvalue weighted by molar-refractivity contribution is 1.14. The van der Waals surface area contributed by atoms with Gasteiger partial charge in [0.25, 0.3) is 0 Å². The minimum atomic E-state index is -1.60. The molecule has 0 spiro atoms. The van der Waals surface area contributed by atoms with E-state index in [-0.39, 0.29) is 0 Å². The Balaban J connectivity index is 2.93. The van der Waals surface area contributed by atoms with Crippen LogP contribution in [-0.2, 0) is 6.42 Å². The first-order valence-electron chi connectivity index (χ1n) is 4.32. The molecular formula is C10H15ClSi. The van der Waals surface area contributed by atoms with E-state index in [0.29, 0.717) is 0 Å². The monoisotopic (exact) mass is 198 g/mol. The summed E-state index contributed by atoms with van der Waals surface area (Å²) >= 11 is 6.29. The van der Waals surface area contributed by atoms with Crippen molar-refractivity contribution in [2.45, 2.75) is 26.4 Å². The van der Waals surface area contributed by atoms with E-state index >= 15 is 0 Å². The van der Waals surface area contributed by atoms with E-state index in [0.717, 1.165) is 6.42 Å². The molecule has 0 aliphatic heterocycles. The largest absolute Gasteiger partial charge is 0.180 e. The molecule has 12 heavy (non-hydrogen) atoms. The lowest BCUT2D eigenvalue weighted by atomic mass is 10.2. The topological polar surface area (TPSA) is 0 Å². The standard InChI is InChI=1S/C10H15ClSi/c1-4-9-5-7-10(8-6-9)12(2,3)11/h5-8H,4H2,1-3H3. The van der Waals surface area contributed by atoms with Crippen LogP contribution in [0.25, 0.3) is 0 Å². The molecule has 66 valence electrons. The molecule has 0 atom stereocenters. The van der Waals surface area contributed by atoms with Crippen LogP contribution in [-0.4, -0.2) is 7.38 Å². The number of benzene rings is 1. The molecule has 1 rings (SSSR count). The van der Waals surface area contributed by atoms with E-state index in [1.165, 1.54) is 10.8 Å². The Morgan fingerprint density at radius 1 is 1.17 bits per heavy atom. The van der Waals surface area contributed by atoms with Crippen LogP contribution in [0.4, 0.5) is 0 Å². The van der Waals surface area contributed by atoms with Gasteiger partial charge in [0.15, 0.2) is 7.38 Å². The zero-order chi connectivity index (χ0) is 9.19. The van der Waals surface area contributed by atoms with Crippen LogP contribution in [0.5, 0.6) is 0 Å². The first-order chi connectivity index (χ1) is 5.54. The van der Waals surface area contributed by atoms with Crippen LogP contribution in [0.3, 0.4) is 0 Å². The van der Waals surface area contributed by atoms with E-state index in [4.69, 9.17) is 11.1 Å². The molecule has 0 N–H and O–H groups in total. The average Bonchev–Trinajstić information content (AvgIpc) is 2.03. The van der Waals surface area contributed by atoms with Gasteiger partial charge < -0.3 is 0 Å². The number of rotatable bonds is 2. The van der Waals surface area contributed by atoms with Gasteiger partial charge in [0.1, 0.15) is 0 Å². The Kier molecular flexibility index (Phi) is 2.97. The van der Waals surface area contributed by atoms with Crippen molar-refractivity contribution in [3.05, 3.63) is 29.8 Å². The van der Waals surface area contributed by atoms with Crippen LogP contribution < -0.4 is 5.19 Å². The lowest BCUT2D eigenvalue weighted by Gasteiger charge is -2.13. The molecule has 2 heteroatoms. The molecule has 0 heterocycles. The normalized spacial score (nSPS) is 11.7. The summed E-state index contributed by atoms with van der Waals surface area (Å²) in [6.07, 6.45) is 1.10. The Morgan fingerprint density at radius 2 is 1.67 bits per heavy atom. The minimum Gasteiger partial charge on any atom is -0.162 e. The van der Waals surface area contributed by atoms with Gasteiger partial charge in [-0.2, -0.15) is 11.1 Å². The highest BCUT2D eigenvalue weighted by atomic mass is 35.6. The van der Waals surface area contributed by atoms with Gasteiger partial charge in [-0.25, -0.2) is 0 Å². The predicted molar refractivity (Wildman–Crippen MR) is 58.8 cm³/mol. The lowest BCUT2D eigenvalue weighted by Crippen LogP contribution is -2.34. The fourth-order valence-corrected chi connectivity index (χ4v) is 2.47. The molecule has 0 unspecified atom stereocenters. The summed E-state index contributed by atoms with van der Waals surface area (Å²) in [5.41, 5.74) is 1.38. The van der Waals surface area contributed by atoms with Crippen molar-refractivity contribution in [2.75, 3.05) is 0 Å². The molecule has 0 fully saturated rings. The van der Waals surface area contributed by atoms with E-state index in [9.17, 15) is 0 Å².